The van der Waals surface area contributed by atoms with Crippen LogP contribution in [0.15, 0.2) is 5.11 Å². The van der Waals surface area contributed by atoms with Crippen molar-refractivity contribution >= 4 is 22.8 Å². The van der Waals surface area contributed by atoms with Crippen molar-refractivity contribution in [3.8, 4) is 0 Å². The predicted molar refractivity (Wildman–Crippen MR) is 71.2 cm³/mol. The number of esters is 1. The zero-order valence-corrected chi connectivity index (χ0v) is 11.8. The summed E-state index contributed by atoms with van der Waals surface area (Å²) < 4.78 is 10.2. The van der Waals surface area contributed by atoms with Gasteiger partial charge in [0.1, 0.15) is 24.3 Å². The van der Waals surface area contributed by atoms with Gasteiger partial charge in [0, 0.05) is 11.8 Å². The Morgan fingerprint density at radius 2 is 2.15 bits per heavy atom. The molecule has 0 aromatic carbocycles. The molecule has 9 nitrogen and oxygen atoms in total. The van der Waals surface area contributed by atoms with Crippen molar-refractivity contribution < 1.29 is 24.5 Å². The molecule has 2 unspecified atom stereocenters. The minimum absolute atomic E-state index is 0.191. The van der Waals surface area contributed by atoms with Gasteiger partial charge in [-0.25, -0.2) is 0 Å². The number of carbonyl (C=O) groups excluding carboxylic acids is 1. The van der Waals surface area contributed by atoms with Crippen LogP contribution < -0.4 is 0 Å². The number of hydrogen-bond donors (Lipinski definition) is 3. The number of carbonyl (C=O) groups is 1. The van der Waals surface area contributed by atoms with Crippen LogP contribution in [0.5, 0.6) is 0 Å². The summed E-state index contributed by atoms with van der Waals surface area (Å²) in [5, 5.41) is 30.9. The van der Waals surface area contributed by atoms with E-state index in [0.29, 0.717) is 0 Å². The van der Waals surface area contributed by atoms with Crippen molar-refractivity contribution in [1.29, 1.82) is 5.41 Å². The summed E-state index contributed by atoms with van der Waals surface area (Å²) in [6.45, 7) is 2.49. The van der Waals surface area contributed by atoms with Gasteiger partial charge in [-0.15, -0.1) is 0 Å². The largest absolute Gasteiger partial charge is 0.463 e. The Bertz CT molecular complexity index is 428. The van der Waals surface area contributed by atoms with Crippen LogP contribution in [-0.4, -0.2) is 57.6 Å². The van der Waals surface area contributed by atoms with E-state index < -0.39 is 35.8 Å². The third-order valence-electron chi connectivity index (χ3n) is 2.60. The highest BCUT2D eigenvalue weighted by molar-refractivity contribution is 8.14. The molecule has 1 rings (SSSR count). The number of rotatable bonds is 4. The fourth-order valence-corrected chi connectivity index (χ4v) is 2.57. The highest BCUT2D eigenvalue weighted by atomic mass is 32.2. The minimum atomic E-state index is -1.30. The van der Waals surface area contributed by atoms with Crippen LogP contribution in [0.4, 0.5) is 0 Å². The molecule has 0 amide bonds. The van der Waals surface area contributed by atoms with Crippen LogP contribution in [-0.2, 0) is 14.3 Å². The fraction of sp³-hybridized carbons (Fsp3) is 0.800. The molecule has 0 radical (unpaired) electrons. The van der Waals surface area contributed by atoms with Crippen LogP contribution in [0.2, 0.25) is 0 Å². The predicted octanol–water partition coefficient (Wildman–Crippen LogP) is 0.405. The van der Waals surface area contributed by atoms with Crippen molar-refractivity contribution in [2.24, 2.45) is 5.11 Å². The molecule has 1 saturated heterocycles. The van der Waals surface area contributed by atoms with E-state index in [0.717, 1.165) is 11.8 Å². The topological polar surface area (TPSA) is 149 Å². The zero-order valence-electron chi connectivity index (χ0n) is 11.0. The number of aliphatic hydroxyl groups excluding tert-OH is 2. The Balaban J connectivity index is 2.87. The van der Waals surface area contributed by atoms with Gasteiger partial charge in [0.15, 0.2) is 0 Å². The van der Waals surface area contributed by atoms with Crippen molar-refractivity contribution in [2.45, 2.75) is 43.6 Å². The lowest BCUT2D eigenvalue weighted by Crippen LogP contribution is -2.57. The molecular weight excluding hydrogens is 288 g/mol. The number of hydrogen-bond acceptors (Lipinski definition) is 8. The van der Waals surface area contributed by atoms with Gasteiger partial charge in [0.25, 0.3) is 0 Å². The van der Waals surface area contributed by atoms with Crippen LogP contribution >= 0.6 is 11.8 Å². The van der Waals surface area contributed by atoms with Crippen molar-refractivity contribution in [3.05, 3.63) is 10.4 Å². The molecule has 0 aromatic heterocycles. The van der Waals surface area contributed by atoms with Gasteiger partial charge in [-0.1, -0.05) is 16.9 Å². The summed E-state index contributed by atoms with van der Waals surface area (Å²) in [4.78, 5) is 13.4. The van der Waals surface area contributed by atoms with E-state index in [2.05, 4.69) is 10.0 Å². The van der Waals surface area contributed by atoms with Gasteiger partial charge < -0.3 is 19.7 Å². The number of ether oxygens (including phenoxy) is 2. The maximum absolute atomic E-state index is 10.8. The number of nitrogens with one attached hydrogen (secondary N) is 1. The van der Waals surface area contributed by atoms with Gasteiger partial charge in [0.05, 0.1) is 17.2 Å². The van der Waals surface area contributed by atoms with E-state index in [1.165, 1.54) is 13.8 Å². The monoisotopic (exact) mass is 304 g/mol. The molecule has 0 spiro atoms. The Labute approximate surface area is 119 Å². The van der Waals surface area contributed by atoms with E-state index in [-0.39, 0.29) is 11.7 Å². The Kier molecular flexibility index (Phi) is 6.24. The molecule has 3 N–H and O–H groups in total. The molecule has 1 heterocycles. The summed E-state index contributed by atoms with van der Waals surface area (Å²) in [6.07, 6.45) is -3.50. The molecule has 0 aliphatic carbocycles. The number of azide groups is 1. The standard InChI is InChI=1S/C10H16N4O5S/c1-4(11)20-10-9(17)7(13-14-12)8(16)6(19-10)3-18-5(2)15/h6-11,16-17H,3H2,1-2H3/t6?,7-,8?,9+,10+/m1/s1. The first-order chi connectivity index (χ1) is 9.36. The van der Waals surface area contributed by atoms with Crippen LogP contribution in [0.1, 0.15) is 13.8 Å². The van der Waals surface area contributed by atoms with Gasteiger partial charge in [-0.3, -0.25) is 10.2 Å². The molecule has 1 aliphatic rings. The second-order valence-electron chi connectivity index (χ2n) is 4.20. The molecule has 10 heteroatoms. The first-order valence-corrected chi connectivity index (χ1v) is 6.65. The maximum Gasteiger partial charge on any atom is 0.302 e. The maximum atomic E-state index is 10.8. The molecule has 5 atom stereocenters. The Morgan fingerprint density at radius 3 is 2.65 bits per heavy atom. The molecular formula is C10H16N4O5S. The Morgan fingerprint density at radius 1 is 1.50 bits per heavy atom. The smallest absolute Gasteiger partial charge is 0.302 e. The van der Waals surface area contributed by atoms with Gasteiger partial charge in [-0.05, 0) is 12.5 Å². The second kappa shape index (κ2) is 7.46. The summed E-state index contributed by atoms with van der Waals surface area (Å²) in [7, 11) is 0. The quantitative estimate of drug-likeness (QED) is 0.171. The summed E-state index contributed by atoms with van der Waals surface area (Å²) >= 11 is 0.929. The normalized spacial score (nSPS) is 33.1. The number of nitrogens with zero attached hydrogens (tertiary/aromatic N) is 3. The van der Waals surface area contributed by atoms with E-state index in [1.807, 2.05) is 0 Å². The molecule has 112 valence electrons. The van der Waals surface area contributed by atoms with Gasteiger partial charge in [-0.2, -0.15) is 0 Å². The lowest BCUT2D eigenvalue weighted by atomic mass is 9.98. The lowest BCUT2D eigenvalue weighted by Gasteiger charge is -2.40. The zero-order chi connectivity index (χ0) is 15.3. The fourth-order valence-electron chi connectivity index (χ4n) is 1.72. The highest BCUT2D eigenvalue weighted by Gasteiger charge is 2.45. The summed E-state index contributed by atoms with van der Waals surface area (Å²) in [5.74, 6) is -0.542. The first kappa shape index (κ1) is 16.7. The summed E-state index contributed by atoms with van der Waals surface area (Å²) in [5.41, 5.74) is 7.61. The Hall–Kier alpha value is -1.32. The third kappa shape index (κ3) is 4.36. The minimum Gasteiger partial charge on any atom is -0.463 e. The molecule has 20 heavy (non-hydrogen) atoms. The second-order valence-corrected chi connectivity index (χ2v) is 5.51. The van der Waals surface area contributed by atoms with Crippen molar-refractivity contribution in [1.82, 2.24) is 0 Å². The van der Waals surface area contributed by atoms with Crippen molar-refractivity contribution in [2.75, 3.05) is 6.61 Å². The molecule has 0 bridgehead atoms. The average Bonchev–Trinajstić information content (AvgIpc) is 2.35. The first-order valence-electron chi connectivity index (χ1n) is 5.77. The lowest BCUT2D eigenvalue weighted by molar-refractivity contribution is -0.174. The van der Waals surface area contributed by atoms with E-state index >= 15 is 0 Å². The van der Waals surface area contributed by atoms with Crippen LogP contribution in [0, 0.1) is 5.41 Å². The van der Waals surface area contributed by atoms with Crippen LogP contribution in [0.3, 0.4) is 0 Å². The van der Waals surface area contributed by atoms with E-state index in [4.69, 9.17) is 20.4 Å². The van der Waals surface area contributed by atoms with E-state index in [1.54, 1.807) is 0 Å². The number of thioether (sulfide) groups is 1. The van der Waals surface area contributed by atoms with Crippen molar-refractivity contribution in [3.63, 3.8) is 0 Å². The van der Waals surface area contributed by atoms with Gasteiger partial charge in [0.2, 0.25) is 0 Å². The van der Waals surface area contributed by atoms with E-state index in [9.17, 15) is 15.0 Å². The van der Waals surface area contributed by atoms with Gasteiger partial charge >= 0.3 is 5.97 Å². The highest BCUT2D eigenvalue weighted by Crippen LogP contribution is 2.30. The molecule has 0 aromatic rings. The molecule has 1 fully saturated rings. The number of aliphatic hydroxyl groups is 2. The average molecular weight is 304 g/mol. The summed E-state index contributed by atoms with van der Waals surface area (Å²) in [6, 6.07) is -1.13. The SMILES string of the molecule is CC(=N)S[C@@H]1OC(COC(C)=O)C(O)[C@@H](N=[N+]=[N-])[C@@H]1O. The molecule has 0 saturated carbocycles. The molecule has 1 aliphatic heterocycles. The van der Waals surface area contributed by atoms with Crippen LogP contribution in [0.25, 0.3) is 10.4 Å². The third-order valence-corrected chi connectivity index (χ3v) is 3.57.